The Morgan fingerprint density at radius 1 is 1.18 bits per heavy atom. The average Bonchev–Trinajstić information content (AvgIpc) is 3.21. The molecule has 2 aromatic heterocycles. The van der Waals surface area contributed by atoms with E-state index in [1.165, 1.54) is 42.6 Å². The Bertz CT molecular complexity index is 1290. The van der Waals surface area contributed by atoms with E-state index in [1.54, 1.807) is 0 Å². The van der Waals surface area contributed by atoms with E-state index in [9.17, 15) is 32.4 Å². The standard InChI is InChI=1S/C20H17FN4O7S/c21-16-6-2-1-5-15(16)17-8-13(11-24(23-30)18(20(28)29)9-19(26)27)12-25(17)33(31,32)14-4-3-7-22-10-14/h1-8,10,12,18H,9,11H2,(H,26,27)(H,28,29). The number of aliphatic carboxylic acids is 2. The molecule has 2 heterocycles. The quantitative estimate of drug-likeness (QED) is 0.331. The van der Waals surface area contributed by atoms with Gasteiger partial charge in [-0.15, -0.1) is 4.91 Å². The second-order valence-corrected chi connectivity index (χ2v) is 8.65. The maximum atomic E-state index is 14.5. The summed E-state index contributed by atoms with van der Waals surface area (Å²) in [5, 5.41) is 21.3. The van der Waals surface area contributed by atoms with Crippen LogP contribution in [0.1, 0.15) is 12.0 Å². The van der Waals surface area contributed by atoms with Gasteiger partial charge in [0.15, 0.2) is 6.04 Å². The molecule has 1 aromatic carbocycles. The first-order chi connectivity index (χ1) is 15.6. The number of rotatable bonds is 10. The van der Waals surface area contributed by atoms with Crippen LogP contribution in [0.3, 0.4) is 0 Å². The Morgan fingerprint density at radius 2 is 1.91 bits per heavy atom. The number of halogens is 1. The first-order valence-corrected chi connectivity index (χ1v) is 10.8. The largest absolute Gasteiger partial charge is 0.481 e. The lowest BCUT2D eigenvalue weighted by molar-refractivity contribution is -0.150. The van der Waals surface area contributed by atoms with E-state index in [1.807, 2.05) is 0 Å². The summed E-state index contributed by atoms with van der Waals surface area (Å²) in [6.45, 7) is -0.537. The fourth-order valence-electron chi connectivity index (χ4n) is 3.13. The summed E-state index contributed by atoms with van der Waals surface area (Å²) >= 11 is 0. The van der Waals surface area contributed by atoms with Gasteiger partial charge in [0.1, 0.15) is 10.7 Å². The highest BCUT2D eigenvalue weighted by Crippen LogP contribution is 2.29. The molecule has 0 fully saturated rings. The number of nitrogens with zero attached hydrogens (tertiary/aromatic N) is 4. The monoisotopic (exact) mass is 476 g/mol. The zero-order valence-electron chi connectivity index (χ0n) is 16.8. The predicted octanol–water partition coefficient (Wildman–Crippen LogP) is 2.34. The van der Waals surface area contributed by atoms with Crippen LogP contribution in [-0.4, -0.2) is 50.6 Å². The number of carboxylic acids is 2. The molecule has 1 unspecified atom stereocenters. The van der Waals surface area contributed by atoms with Crippen LogP contribution in [0.4, 0.5) is 4.39 Å². The summed E-state index contributed by atoms with van der Waals surface area (Å²) in [5.74, 6) is -3.79. The highest BCUT2D eigenvalue weighted by atomic mass is 32.2. The van der Waals surface area contributed by atoms with Crippen molar-refractivity contribution in [3.63, 3.8) is 0 Å². The van der Waals surface area contributed by atoms with Crippen LogP contribution in [0.15, 0.2) is 71.2 Å². The number of benzene rings is 1. The second kappa shape index (κ2) is 9.56. The maximum absolute atomic E-state index is 14.5. The number of carbonyl (C=O) groups is 2. The zero-order chi connectivity index (χ0) is 24.2. The number of hydrogen-bond acceptors (Lipinski definition) is 7. The van der Waals surface area contributed by atoms with Gasteiger partial charge in [-0.25, -0.2) is 26.6 Å². The molecule has 33 heavy (non-hydrogen) atoms. The van der Waals surface area contributed by atoms with Crippen molar-refractivity contribution in [2.75, 3.05) is 0 Å². The number of aromatic nitrogens is 2. The van der Waals surface area contributed by atoms with Gasteiger partial charge >= 0.3 is 11.9 Å². The lowest BCUT2D eigenvalue weighted by Gasteiger charge is -2.20. The first-order valence-electron chi connectivity index (χ1n) is 9.31. The third-order valence-electron chi connectivity index (χ3n) is 4.65. The minimum Gasteiger partial charge on any atom is -0.481 e. The molecule has 0 aliphatic rings. The number of pyridine rings is 1. The lowest BCUT2D eigenvalue weighted by Crippen LogP contribution is -2.38. The molecule has 3 rings (SSSR count). The van der Waals surface area contributed by atoms with Crippen LogP contribution in [0.25, 0.3) is 11.3 Å². The van der Waals surface area contributed by atoms with Gasteiger partial charge in [0, 0.05) is 24.2 Å². The molecule has 0 aliphatic carbocycles. The van der Waals surface area contributed by atoms with E-state index in [0.29, 0.717) is 5.01 Å². The molecule has 0 amide bonds. The molecule has 0 saturated heterocycles. The number of hydrogen-bond donors (Lipinski definition) is 2. The molecule has 0 spiro atoms. The predicted molar refractivity (Wildman–Crippen MR) is 112 cm³/mol. The van der Waals surface area contributed by atoms with Crippen molar-refractivity contribution >= 4 is 22.0 Å². The smallest absolute Gasteiger partial charge is 0.328 e. The Balaban J connectivity index is 2.12. The van der Waals surface area contributed by atoms with Crippen molar-refractivity contribution in [1.29, 1.82) is 0 Å². The van der Waals surface area contributed by atoms with Gasteiger partial charge in [-0.3, -0.25) is 9.78 Å². The molecule has 0 bridgehead atoms. The van der Waals surface area contributed by atoms with E-state index in [4.69, 9.17) is 5.11 Å². The summed E-state index contributed by atoms with van der Waals surface area (Å²) < 4.78 is 41.8. The molecule has 11 nitrogen and oxygen atoms in total. The van der Waals surface area contributed by atoms with Crippen LogP contribution in [0.2, 0.25) is 0 Å². The van der Waals surface area contributed by atoms with Crippen molar-refractivity contribution < 1.29 is 32.6 Å². The minimum atomic E-state index is -4.26. The van der Waals surface area contributed by atoms with Gasteiger partial charge in [-0.2, -0.15) is 0 Å². The van der Waals surface area contributed by atoms with E-state index in [2.05, 4.69) is 10.3 Å². The fourth-order valence-corrected chi connectivity index (χ4v) is 4.49. The Kier molecular flexibility index (Phi) is 6.82. The summed E-state index contributed by atoms with van der Waals surface area (Å²) in [6, 6.07) is 7.56. The normalized spacial score (nSPS) is 12.2. The molecule has 2 N–H and O–H groups in total. The van der Waals surface area contributed by atoms with Gasteiger partial charge < -0.3 is 10.2 Å². The molecule has 13 heteroatoms. The van der Waals surface area contributed by atoms with Crippen LogP contribution in [0, 0.1) is 10.7 Å². The van der Waals surface area contributed by atoms with Gasteiger partial charge in [0.2, 0.25) is 0 Å². The molecular formula is C20H17FN4O7S. The summed E-state index contributed by atoms with van der Waals surface area (Å²) in [7, 11) is -4.26. The maximum Gasteiger partial charge on any atom is 0.328 e. The van der Waals surface area contributed by atoms with Crippen molar-refractivity contribution in [3.8, 4) is 11.3 Å². The van der Waals surface area contributed by atoms with Crippen LogP contribution in [-0.2, 0) is 26.2 Å². The van der Waals surface area contributed by atoms with Gasteiger partial charge in [-0.05, 0) is 35.9 Å². The molecule has 172 valence electrons. The molecule has 1 atom stereocenters. The third-order valence-corrected chi connectivity index (χ3v) is 6.30. The SMILES string of the molecule is O=NN(Cc1cc(-c2ccccc2F)n(S(=O)(=O)c2cccnc2)c1)C(CC(=O)O)C(=O)O. The summed E-state index contributed by atoms with van der Waals surface area (Å²) in [4.78, 5) is 37.3. The fraction of sp³-hybridized carbons (Fsp3) is 0.150. The van der Waals surface area contributed by atoms with Gasteiger partial charge in [-0.1, -0.05) is 12.1 Å². The molecular weight excluding hydrogens is 459 g/mol. The highest BCUT2D eigenvalue weighted by molar-refractivity contribution is 7.90. The van der Waals surface area contributed by atoms with Crippen molar-refractivity contribution in [2.45, 2.75) is 23.9 Å². The molecule has 0 aliphatic heterocycles. The van der Waals surface area contributed by atoms with E-state index < -0.39 is 46.8 Å². The topological polar surface area (TPSA) is 159 Å². The van der Waals surface area contributed by atoms with E-state index in [0.717, 1.165) is 22.4 Å². The lowest BCUT2D eigenvalue weighted by atomic mass is 10.1. The molecule has 0 saturated carbocycles. The van der Waals surface area contributed by atoms with Crippen molar-refractivity contribution in [2.24, 2.45) is 5.29 Å². The highest BCUT2D eigenvalue weighted by Gasteiger charge is 2.30. The van der Waals surface area contributed by atoms with Gasteiger partial charge in [0.05, 0.1) is 23.9 Å². The molecule has 0 radical (unpaired) electrons. The van der Waals surface area contributed by atoms with Crippen LogP contribution < -0.4 is 0 Å². The van der Waals surface area contributed by atoms with Gasteiger partial charge in [0.25, 0.3) is 10.0 Å². The minimum absolute atomic E-state index is 0.0675. The number of carboxylic acid groups (broad SMARTS) is 2. The Labute approximate surface area is 186 Å². The Morgan fingerprint density at radius 3 is 2.48 bits per heavy atom. The van der Waals surface area contributed by atoms with E-state index in [-0.39, 0.29) is 21.7 Å². The van der Waals surface area contributed by atoms with E-state index >= 15 is 0 Å². The van der Waals surface area contributed by atoms with Crippen LogP contribution in [0.5, 0.6) is 0 Å². The Hall–Kier alpha value is -4.13. The third kappa shape index (κ3) is 5.03. The first kappa shape index (κ1) is 23.5. The van der Waals surface area contributed by atoms with Crippen molar-refractivity contribution in [3.05, 3.63) is 77.3 Å². The zero-order valence-corrected chi connectivity index (χ0v) is 17.6. The number of nitroso groups, excluding NO2 is 1. The summed E-state index contributed by atoms with van der Waals surface area (Å²) in [5.41, 5.74) is -0.0815. The second-order valence-electron chi connectivity index (χ2n) is 6.83. The van der Waals surface area contributed by atoms with Crippen molar-refractivity contribution in [1.82, 2.24) is 14.0 Å². The summed E-state index contributed by atoms with van der Waals surface area (Å²) in [6.07, 6.45) is 2.64. The van der Waals surface area contributed by atoms with Crippen LogP contribution >= 0.6 is 0 Å². The molecule has 3 aromatic rings. The average molecular weight is 476 g/mol.